The summed E-state index contributed by atoms with van der Waals surface area (Å²) in [6.07, 6.45) is 2.14. The Morgan fingerprint density at radius 2 is 1.71 bits per heavy atom. The molecule has 0 spiro atoms. The molecule has 3 aliphatic rings. The van der Waals surface area contributed by atoms with Crippen LogP contribution in [0.4, 0.5) is 0 Å². The smallest absolute Gasteiger partial charge is 0.330 e. The number of piperazine rings is 1. The summed E-state index contributed by atoms with van der Waals surface area (Å²) in [6, 6.07) is 14.3. The zero-order chi connectivity index (χ0) is 32.5. The summed E-state index contributed by atoms with van der Waals surface area (Å²) in [4.78, 5) is 82.4. The number of carbonyl (C=O) groups excluding carboxylic acids is 6. The van der Waals surface area contributed by atoms with Gasteiger partial charge in [0.25, 0.3) is 5.91 Å². The first-order chi connectivity index (χ1) is 21.5. The van der Waals surface area contributed by atoms with Crippen molar-refractivity contribution in [1.29, 1.82) is 0 Å². The molecule has 2 unspecified atom stereocenters. The Kier molecular flexibility index (Phi) is 9.17. The number of nitrogens with zero attached hydrogens (tertiary/aromatic N) is 4. The average molecular weight is 654 g/mol. The molecule has 45 heavy (non-hydrogen) atoms. The maximum atomic E-state index is 14.1. The summed E-state index contributed by atoms with van der Waals surface area (Å²) in [7, 11) is 0. The van der Waals surface area contributed by atoms with Crippen LogP contribution >= 0.6 is 23.5 Å². The number of carbonyl (C=O) groups is 6. The number of likely N-dealkylation sites (N-methyl/N-ethyl adjacent to an activating group) is 1. The molecule has 2 aromatic carbocycles. The first-order valence-electron chi connectivity index (χ1n) is 14.5. The van der Waals surface area contributed by atoms with E-state index >= 15 is 0 Å². The van der Waals surface area contributed by atoms with Crippen LogP contribution in [0.1, 0.15) is 37.9 Å². The van der Waals surface area contributed by atoms with Gasteiger partial charge in [-0.05, 0) is 38.2 Å². The van der Waals surface area contributed by atoms with Crippen molar-refractivity contribution in [3.8, 4) is 0 Å². The third-order valence-electron chi connectivity index (χ3n) is 8.22. The Bertz CT molecular complexity index is 1490. The van der Waals surface area contributed by atoms with Crippen LogP contribution in [0, 0.1) is 0 Å². The lowest BCUT2D eigenvalue weighted by molar-refractivity contribution is -0.178. The van der Waals surface area contributed by atoms with E-state index in [0.717, 1.165) is 15.6 Å². The minimum atomic E-state index is -1.36. The van der Waals surface area contributed by atoms with E-state index in [2.05, 4.69) is 5.32 Å². The van der Waals surface area contributed by atoms with E-state index in [0.29, 0.717) is 18.5 Å². The summed E-state index contributed by atoms with van der Waals surface area (Å²) in [5.74, 6) is -3.44. The van der Waals surface area contributed by atoms with Gasteiger partial charge in [0.05, 0.1) is 6.54 Å². The highest BCUT2D eigenvalue weighted by molar-refractivity contribution is 8.19. The highest BCUT2D eigenvalue weighted by Crippen LogP contribution is 2.63. The molecule has 3 aliphatic heterocycles. The lowest BCUT2D eigenvalue weighted by Crippen LogP contribution is -2.77. The van der Waals surface area contributed by atoms with Gasteiger partial charge in [0, 0.05) is 17.8 Å². The van der Waals surface area contributed by atoms with Crippen molar-refractivity contribution in [3.63, 3.8) is 0 Å². The number of hydrazine groups is 1. The van der Waals surface area contributed by atoms with E-state index in [1.54, 1.807) is 43.5 Å². The fourth-order valence-electron chi connectivity index (χ4n) is 6.01. The van der Waals surface area contributed by atoms with Crippen LogP contribution in [-0.4, -0.2) is 103 Å². The summed E-state index contributed by atoms with van der Waals surface area (Å²) in [5, 5.41) is 4.72. The number of esters is 1. The van der Waals surface area contributed by atoms with Crippen LogP contribution in [0.5, 0.6) is 0 Å². The van der Waals surface area contributed by atoms with Crippen LogP contribution in [0.2, 0.25) is 0 Å². The molecule has 3 saturated heterocycles. The molecule has 0 aromatic heterocycles. The predicted molar refractivity (Wildman–Crippen MR) is 168 cm³/mol. The third kappa shape index (κ3) is 5.65. The molecule has 0 bridgehead atoms. The summed E-state index contributed by atoms with van der Waals surface area (Å²) >= 11 is 2.71. The number of benzene rings is 2. The van der Waals surface area contributed by atoms with E-state index in [-0.39, 0.29) is 19.7 Å². The number of thioether (sulfide) groups is 2. The van der Waals surface area contributed by atoms with Gasteiger partial charge in [0.15, 0.2) is 16.3 Å². The van der Waals surface area contributed by atoms with Crippen molar-refractivity contribution < 1.29 is 33.5 Å². The quantitative estimate of drug-likeness (QED) is 0.167. The summed E-state index contributed by atoms with van der Waals surface area (Å²) in [6.45, 7) is 6.04. The van der Waals surface area contributed by atoms with Gasteiger partial charge in [-0.15, -0.1) is 23.5 Å². The van der Waals surface area contributed by atoms with Gasteiger partial charge in [-0.3, -0.25) is 28.9 Å². The van der Waals surface area contributed by atoms with Gasteiger partial charge in [-0.2, -0.15) is 0 Å². The molecule has 4 atom stereocenters. The van der Waals surface area contributed by atoms with E-state index in [1.165, 1.54) is 33.3 Å². The van der Waals surface area contributed by atoms with Gasteiger partial charge >= 0.3 is 17.8 Å². The molecule has 0 saturated carbocycles. The van der Waals surface area contributed by atoms with Crippen LogP contribution in [0.25, 0.3) is 0 Å². The van der Waals surface area contributed by atoms with Crippen molar-refractivity contribution >= 4 is 59.5 Å². The molecule has 3 fully saturated rings. The largest absolute Gasteiger partial charge is 0.459 e. The lowest BCUT2D eigenvalue weighted by atomic mass is 9.95. The van der Waals surface area contributed by atoms with Gasteiger partial charge in [-0.1, -0.05) is 60.7 Å². The SMILES string of the molecule is CCN1CCN(N(C=O)C(C(=O)N[C@H]2C(=O)N3[C@@H](C(=O)OCc4ccccc4)C(C)(C)SC23SC)c2ccccc2)C(=O)C1=O. The van der Waals surface area contributed by atoms with Crippen LogP contribution < -0.4 is 5.32 Å². The predicted octanol–water partition coefficient (Wildman–Crippen LogP) is 1.77. The van der Waals surface area contributed by atoms with Crippen LogP contribution in [0.15, 0.2) is 60.7 Å². The van der Waals surface area contributed by atoms with Crippen molar-refractivity contribution in [2.45, 2.75) is 54.5 Å². The molecule has 0 aliphatic carbocycles. The standard InChI is InChI=1S/C31H35N5O7S2/c1-5-33-16-17-34(28(41)27(33)40)35(19-37)22(21-14-10-7-11-15-21)25(38)32-23-26(39)36-24(30(2,3)45-31(23,36)44-4)29(42)43-18-20-12-8-6-9-13-20/h6-15,19,22-24H,5,16-18H2,1-4H3,(H,32,38)/t22?,23-,24-,31?/m0/s1. The second-order valence-electron chi connectivity index (χ2n) is 11.3. The molecule has 2 aromatic rings. The van der Waals surface area contributed by atoms with Gasteiger partial charge in [0.1, 0.15) is 12.6 Å². The number of hydrogen-bond acceptors (Lipinski definition) is 9. The van der Waals surface area contributed by atoms with Crippen LogP contribution in [-0.2, 0) is 40.1 Å². The number of fused-ring (bicyclic) bond motifs is 1. The Morgan fingerprint density at radius 3 is 2.31 bits per heavy atom. The Labute approximate surface area is 269 Å². The minimum absolute atomic E-state index is 0.00939. The molecule has 14 heteroatoms. The second kappa shape index (κ2) is 12.8. The highest BCUT2D eigenvalue weighted by Gasteiger charge is 2.73. The molecular weight excluding hydrogens is 619 g/mol. The molecule has 5 rings (SSSR count). The second-order valence-corrected chi connectivity index (χ2v) is 14.5. The van der Waals surface area contributed by atoms with Crippen molar-refractivity contribution in [3.05, 3.63) is 71.8 Å². The van der Waals surface area contributed by atoms with Crippen molar-refractivity contribution in [2.75, 3.05) is 25.9 Å². The first-order valence-corrected chi connectivity index (χ1v) is 16.5. The lowest BCUT2D eigenvalue weighted by Gasteiger charge is -2.53. The fraction of sp³-hybridized carbons (Fsp3) is 0.419. The molecule has 238 valence electrons. The fourth-order valence-corrected chi connectivity index (χ4v) is 9.42. The van der Waals surface area contributed by atoms with Gasteiger partial charge in [0.2, 0.25) is 12.3 Å². The maximum absolute atomic E-state index is 14.1. The van der Waals surface area contributed by atoms with E-state index in [9.17, 15) is 28.8 Å². The molecule has 0 radical (unpaired) electrons. The zero-order valence-corrected chi connectivity index (χ0v) is 27.0. The molecule has 12 nitrogen and oxygen atoms in total. The Morgan fingerprint density at radius 1 is 1.07 bits per heavy atom. The molecule has 5 amide bonds. The number of rotatable bonds is 11. The van der Waals surface area contributed by atoms with Crippen molar-refractivity contribution in [2.24, 2.45) is 0 Å². The first kappa shape index (κ1) is 32.4. The average Bonchev–Trinajstić information content (AvgIpc) is 3.27. The number of β-lactam (4-membered cyclic amide) rings is 1. The van der Waals surface area contributed by atoms with Crippen LogP contribution in [0.3, 0.4) is 0 Å². The molecular formula is C31H35N5O7S2. The summed E-state index contributed by atoms with van der Waals surface area (Å²) in [5.41, 5.74) is 1.19. The number of ether oxygens (including phenoxy) is 1. The third-order valence-corrected chi connectivity index (χ3v) is 11.5. The molecule has 3 heterocycles. The Hall–Kier alpha value is -4.04. The number of nitrogens with one attached hydrogen (secondary N) is 1. The van der Waals surface area contributed by atoms with E-state index < -0.39 is 56.7 Å². The van der Waals surface area contributed by atoms with Gasteiger partial charge < -0.3 is 15.0 Å². The zero-order valence-electron chi connectivity index (χ0n) is 25.4. The maximum Gasteiger partial charge on any atom is 0.330 e. The Balaban J connectivity index is 1.40. The van der Waals surface area contributed by atoms with E-state index in [4.69, 9.17) is 4.74 Å². The monoisotopic (exact) mass is 653 g/mol. The van der Waals surface area contributed by atoms with E-state index in [1.807, 2.05) is 44.2 Å². The number of amides is 5. The number of hydrogen-bond donors (Lipinski definition) is 1. The molecule has 1 N–H and O–H groups in total. The summed E-state index contributed by atoms with van der Waals surface area (Å²) < 4.78 is 3.85. The topological polar surface area (TPSA) is 137 Å². The van der Waals surface area contributed by atoms with Gasteiger partial charge in [-0.25, -0.2) is 14.8 Å². The highest BCUT2D eigenvalue weighted by atomic mass is 32.2. The minimum Gasteiger partial charge on any atom is -0.459 e. The normalized spacial score (nSPS) is 24.4. The van der Waals surface area contributed by atoms with Crippen molar-refractivity contribution in [1.82, 2.24) is 25.1 Å².